The van der Waals surface area contributed by atoms with Crippen LogP contribution in [0.2, 0.25) is 10.0 Å². The van der Waals surface area contributed by atoms with E-state index in [1.54, 1.807) is 6.92 Å². The van der Waals surface area contributed by atoms with Crippen molar-refractivity contribution >= 4 is 29.2 Å². The molecular formula is C12H8Cl2N2O3. The second-order valence-electron chi connectivity index (χ2n) is 3.82. The number of hydrogen-bond donors (Lipinski definition) is 1. The van der Waals surface area contributed by atoms with Crippen LogP contribution in [0.5, 0.6) is 0 Å². The van der Waals surface area contributed by atoms with Gasteiger partial charge in [-0.25, -0.2) is 4.79 Å². The number of aromatic nitrogens is 2. The van der Waals surface area contributed by atoms with Crippen LogP contribution < -0.4 is 5.56 Å². The number of carboxylic acids is 1. The van der Waals surface area contributed by atoms with Gasteiger partial charge in [0.15, 0.2) is 0 Å². The van der Waals surface area contributed by atoms with E-state index in [0.29, 0.717) is 16.4 Å². The molecule has 1 N–H and O–H groups in total. The molecule has 0 aliphatic carbocycles. The molecule has 7 heteroatoms. The lowest BCUT2D eigenvalue weighted by Gasteiger charge is -2.07. The summed E-state index contributed by atoms with van der Waals surface area (Å²) in [7, 11) is 0. The molecule has 0 aliphatic rings. The zero-order valence-electron chi connectivity index (χ0n) is 9.72. The van der Waals surface area contributed by atoms with E-state index in [4.69, 9.17) is 28.3 Å². The van der Waals surface area contributed by atoms with E-state index >= 15 is 0 Å². The molecule has 0 saturated heterocycles. The first-order chi connectivity index (χ1) is 8.90. The lowest BCUT2D eigenvalue weighted by atomic mass is 10.2. The Morgan fingerprint density at radius 2 is 1.95 bits per heavy atom. The minimum absolute atomic E-state index is 0.256. The fraction of sp³-hybridized carbons (Fsp3) is 0.0833. The molecular weight excluding hydrogens is 291 g/mol. The third-order valence-electron chi connectivity index (χ3n) is 2.41. The van der Waals surface area contributed by atoms with Crippen LogP contribution in [0.25, 0.3) is 5.69 Å². The van der Waals surface area contributed by atoms with Crippen molar-refractivity contribution in [3.63, 3.8) is 0 Å². The van der Waals surface area contributed by atoms with Crippen molar-refractivity contribution in [2.45, 2.75) is 6.92 Å². The first-order valence-corrected chi connectivity index (χ1v) is 5.95. The molecule has 2 aromatic rings. The maximum Gasteiger partial charge on any atom is 0.341 e. The summed E-state index contributed by atoms with van der Waals surface area (Å²) in [6, 6.07) is 5.71. The predicted octanol–water partition coefficient (Wildman–Crippen LogP) is 2.55. The summed E-state index contributed by atoms with van der Waals surface area (Å²) in [5.74, 6) is -1.30. The largest absolute Gasteiger partial charge is 0.477 e. The molecule has 0 unspecified atom stereocenters. The van der Waals surface area contributed by atoms with Gasteiger partial charge in [0.05, 0.1) is 21.4 Å². The third kappa shape index (κ3) is 2.62. The number of hydrogen-bond acceptors (Lipinski definition) is 3. The first kappa shape index (κ1) is 13.6. The zero-order chi connectivity index (χ0) is 14.2. The second-order valence-corrected chi connectivity index (χ2v) is 4.63. The van der Waals surface area contributed by atoms with Gasteiger partial charge in [-0.2, -0.15) is 9.78 Å². The van der Waals surface area contributed by atoms with Crippen LogP contribution in [-0.4, -0.2) is 20.9 Å². The van der Waals surface area contributed by atoms with Crippen molar-refractivity contribution in [2.24, 2.45) is 0 Å². The molecule has 0 fully saturated rings. The monoisotopic (exact) mass is 298 g/mol. The van der Waals surface area contributed by atoms with Crippen molar-refractivity contribution in [3.8, 4) is 5.69 Å². The van der Waals surface area contributed by atoms with Gasteiger partial charge < -0.3 is 5.11 Å². The number of nitrogens with zero attached hydrogens (tertiary/aromatic N) is 2. The van der Waals surface area contributed by atoms with Gasteiger partial charge in [-0.15, -0.1) is 0 Å². The van der Waals surface area contributed by atoms with Crippen LogP contribution in [0.1, 0.15) is 16.1 Å². The normalized spacial score (nSPS) is 10.5. The molecule has 0 radical (unpaired) electrons. The maximum absolute atomic E-state index is 12.0. The van der Waals surface area contributed by atoms with Gasteiger partial charge in [0.2, 0.25) is 0 Å². The van der Waals surface area contributed by atoms with E-state index in [0.717, 1.165) is 4.68 Å². The Bertz CT molecular complexity index is 725. The van der Waals surface area contributed by atoms with Crippen LogP contribution in [0.15, 0.2) is 29.1 Å². The summed E-state index contributed by atoms with van der Waals surface area (Å²) in [6.45, 7) is 1.60. The van der Waals surface area contributed by atoms with E-state index in [-0.39, 0.29) is 10.6 Å². The number of benzene rings is 1. The molecule has 1 aromatic carbocycles. The summed E-state index contributed by atoms with van der Waals surface area (Å²) in [6.07, 6.45) is 0. The standard InChI is InChI=1S/C12H8Cl2N2O3/c1-6-4-8(12(18)19)11(17)16(15-6)7-2-3-9(13)10(14)5-7/h2-5H,1H3,(H,18,19). The second kappa shape index (κ2) is 5.03. The molecule has 98 valence electrons. The molecule has 0 bridgehead atoms. The van der Waals surface area contributed by atoms with Crippen LogP contribution in [0.3, 0.4) is 0 Å². The van der Waals surface area contributed by atoms with Gasteiger partial charge in [-0.3, -0.25) is 4.79 Å². The van der Waals surface area contributed by atoms with Gasteiger partial charge >= 0.3 is 5.97 Å². The fourth-order valence-corrected chi connectivity index (χ4v) is 1.85. The highest BCUT2D eigenvalue weighted by Gasteiger charge is 2.14. The SMILES string of the molecule is Cc1cc(C(=O)O)c(=O)n(-c2ccc(Cl)c(Cl)c2)n1. The summed E-state index contributed by atoms with van der Waals surface area (Å²) < 4.78 is 0.987. The highest BCUT2D eigenvalue weighted by molar-refractivity contribution is 6.42. The lowest BCUT2D eigenvalue weighted by molar-refractivity contribution is 0.0694. The predicted molar refractivity (Wildman–Crippen MR) is 71.6 cm³/mol. The molecule has 1 heterocycles. The topological polar surface area (TPSA) is 72.2 Å². The van der Waals surface area contributed by atoms with Crippen LogP contribution in [0.4, 0.5) is 0 Å². The van der Waals surface area contributed by atoms with E-state index in [9.17, 15) is 9.59 Å². The maximum atomic E-state index is 12.0. The Hall–Kier alpha value is -1.85. The van der Waals surface area contributed by atoms with Gasteiger partial charge in [-0.1, -0.05) is 23.2 Å². The van der Waals surface area contributed by atoms with E-state index in [1.807, 2.05) is 0 Å². The third-order valence-corrected chi connectivity index (χ3v) is 3.15. The number of aromatic carboxylic acids is 1. The van der Waals surface area contributed by atoms with Gasteiger partial charge in [0.25, 0.3) is 5.56 Å². The molecule has 0 aliphatic heterocycles. The first-order valence-electron chi connectivity index (χ1n) is 5.20. The summed E-state index contributed by atoms with van der Waals surface area (Å²) in [4.78, 5) is 23.0. The number of aryl methyl sites for hydroxylation is 1. The minimum atomic E-state index is -1.30. The molecule has 19 heavy (non-hydrogen) atoms. The van der Waals surface area contributed by atoms with E-state index in [2.05, 4.69) is 5.10 Å². The molecule has 5 nitrogen and oxygen atoms in total. The van der Waals surface area contributed by atoms with Gasteiger partial charge in [0, 0.05) is 0 Å². The average molecular weight is 299 g/mol. The van der Waals surface area contributed by atoms with Gasteiger partial charge in [-0.05, 0) is 31.2 Å². The smallest absolute Gasteiger partial charge is 0.341 e. The molecule has 2 rings (SSSR count). The number of rotatable bonds is 2. The number of carbonyl (C=O) groups is 1. The number of carboxylic acid groups (broad SMARTS) is 1. The highest BCUT2D eigenvalue weighted by Crippen LogP contribution is 2.23. The average Bonchev–Trinajstić information content (AvgIpc) is 2.35. The Balaban J connectivity index is 2.72. The Labute approximate surface area is 118 Å². The zero-order valence-corrected chi connectivity index (χ0v) is 11.2. The Morgan fingerprint density at radius 3 is 2.53 bits per heavy atom. The molecule has 0 atom stereocenters. The minimum Gasteiger partial charge on any atom is -0.477 e. The lowest BCUT2D eigenvalue weighted by Crippen LogP contribution is -2.27. The molecule has 0 saturated carbocycles. The summed E-state index contributed by atoms with van der Waals surface area (Å²) in [5.41, 5.74) is -0.316. The van der Waals surface area contributed by atoms with Crippen molar-refractivity contribution < 1.29 is 9.90 Å². The van der Waals surface area contributed by atoms with Crippen molar-refractivity contribution in [1.82, 2.24) is 9.78 Å². The quantitative estimate of drug-likeness (QED) is 0.925. The highest BCUT2D eigenvalue weighted by atomic mass is 35.5. The van der Waals surface area contributed by atoms with Crippen LogP contribution in [-0.2, 0) is 0 Å². The summed E-state index contributed by atoms with van der Waals surface area (Å²) >= 11 is 11.7. The Morgan fingerprint density at radius 1 is 1.26 bits per heavy atom. The van der Waals surface area contributed by atoms with Crippen LogP contribution in [0, 0.1) is 6.92 Å². The van der Waals surface area contributed by atoms with Crippen molar-refractivity contribution in [1.29, 1.82) is 0 Å². The Kier molecular flexibility index (Phi) is 3.59. The van der Waals surface area contributed by atoms with Crippen molar-refractivity contribution in [2.75, 3.05) is 0 Å². The summed E-state index contributed by atoms with van der Waals surface area (Å²) in [5, 5.41) is 13.6. The number of halogens is 2. The van der Waals surface area contributed by atoms with Crippen molar-refractivity contribution in [3.05, 3.63) is 55.9 Å². The van der Waals surface area contributed by atoms with Crippen LogP contribution >= 0.6 is 23.2 Å². The fourth-order valence-electron chi connectivity index (χ4n) is 1.56. The molecule has 1 aromatic heterocycles. The molecule has 0 spiro atoms. The van der Waals surface area contributed by atoms with E-state index < -0.39 is 11.5 Å². The van der Waals surface area contributed by atoms with Gasteiger partial charge in [0.1, 0.15) is 5.56 Å². The van der Waals surface area contributed by atoms with E-state index in [1.165, 1.54) is 24.3 Å². The molecule has 0 amide bonds.